The SMILES string of the molecule is CNC(=O)c1cc(Oc2ccc(CCC(=O)Nc3cc(C(F)(F)F)ccc3N(C)CCOC)cc2)ccn1. The first kappa shape index (κ1) is 28.5. The highest BCUT2D eigenvalue weighted by Crippen LogP contribution is 2.35. The maximum Gasteiger partial charge on any atom is 0.416 e. The summed E-state index contributed by atoms with van der Waals surface area (Å²) in [6.07, 6.45) is -2.63. The molecular formula is C27H29F3N4O4. The van der Waals surface area contributed by atoms with Crippen LogP contribution in [0.2, 0.25) is 0 Å². The molecule has 3 aromatic rings. The number of likely N-dealkylation sites (N-methyl/N-ethyl adjacent to an activating group) is 1. The molecule has 0 atom stereocenters. The van der Waals surface area contributed by atoms with E-state index in [1.807, 2.05) is 0 Å². The van der Waals surface area contributed by atoms with E-state index in [9.17, 15) is 22.8 Å². The molecule has 8 nitrogen and oxygen atoms in total. The van der Waals surface area contributed by atoms with Crippen LogP contribution in [-0.2, 0) is 22.1 Å². The summed E-state index contributed by atoms with van der Waals surface area (Å²) in [6.45, 7) is 0.812. The van der Waals surface area contributed by atoms with Gasteiger partial charge in [-0.2, -0.15) is 13.2 Å². The summed E-state index contributed by atoms with van der Waals surface area (Å²) in [6, 6.07) is 13.4. The van der Waals surface area contributed by atoms with Gasteiger partial charge in [0, 0.05) is 46.4 Å². The first-order valence-corrected chi connectivity index (χ1v) is 11.8. The average molecular weight is 531 g/mol. The molecule has 3 rings (SSSR count). The Morgan fingerprint density at radius 3 is 2.42 bits per heavy atom. The zero-order chi connectivity index (χ0) is 27.7. The van der Waals surface area contributed by atoms with Crippen LogP contribution in [0.3, 0.4) is 0 Å². The lowest BCUT2D eigenvalue weighted by atomic mass is 10.1. The van der Waals surface area contributed by atoms with Gasteiger partial charge in [-0.15, -0.1) is 0 Å². The predicted molar refractivity (Wildman–Crippen MR) is 138 cm³/mol. The smallest absolute Gasteiger partial charge is 0.416 e. The van der Waals surface area contributed by atoms with Crippen LogP contribution in [-0.4, -0.2) is 51.2 Å². The maximum atomic E-state index is 13.3. The number of carbonyl (C=O) groups is 2. The Kier molecular flexibility index (Phi) is 9.66. The van der Waals surface area contributed by atoms with Crippen molar-refractivity contribution in [3.8, 4) is 11.5 Å². The number of aryl methyl sites for hydroxylation is 1. The minimum Gasteiger partial charge on any atom is -0.457 e. The normalized spacial score (nSPS) is 11.1. The molecule has 1 heterocycles. The second-order valence-electron chi connectivity index (χ2n) is 8.39. The van der Waals surface area contributed by atoms with Gasteiger partial charge in [0.25, 0.3) is 5.91 Å². The standard InChI is InChI=1S/C27H29F3N4O4/c1-31-26(36)23-17-21(12-13-32-23)38-20-8-4-18(5-9-20)6-11-25(35)33-22-16-19(27(28,29)30)7-10-24(22)34(2)14-15-37-3/h4-5,7-10,12-13,16-17H,6,11,14-15H2,1-3H3,(H,31,36)(H,33,35). The molecule has 0 saturated carbocycles. The average Bonchev–Trinajstić information content (AvgIpc) is 2.90. The van der Waals surface area contributed by atoms with E-state index in [0.717, 1.165) is 17.7 Å². The van der Waals surface area contributed by atoms with Crippen molar-refractivity contribution in [2.45, 2.75) is 19.0 Å². The number of carbonyl (C=O) groups excluding carboxylic acids is 2. The molecule has 2 N–H and O–H groups in total. The first-order chi connectivity index (χ1) is 18.1. The number of amides is 2. The van der Waals surface area contributed by atoms with Gasteiger partial charge in [0.05, 0.1) is 23.5 Å². The molecule has 0 radical (unpaired) electrons. The van der Waals surface area contributed by atoms with Gasteiger partial charge in [-0.25, -0.2) is 0 Å². The highest BCUT2D eigenvalue weighted by molar-refractivity contribution is 5.94. The Bertz CT molecular complexity index is 1250. The van der Waals surface area contributed by atoms with Gasteiger partial charge in [-0.1, -0.05) is 12.1 Å². The zero-order valence-electron chi connectivity index (χ0n) is 21.3. The van der Waals surface area contributed by atoms with Crippen LogP contribution >= 0.6 is 0 Å². The highest BCUT2D eigenvalue weighted by Gasteiger charge is 2.31. The molecule has 202 valence electrons. The fourth-order valence-corrected chi connectivity index (χ4v) is 3.55. The van der Waals surface area contributed by atoms with Crippen LogP contribution in [0.15, 0.2) is 60.8 Å². The Hall–Kier alpha value is -4.12. The van der Waals surface area contributed by atoms with E-state index in [1.54, 1.807) is 42.3 Å². The van der Waals surface area contributed by atoms with Gasteiger partial charge in [0.15, 0.2) is 0 Å². The Balaban J connectivity index is 1.63. The lowest BCUT2D eigenvalue weighted by Gasteiger charge is -2.23. The van der Waals surface area contributed by atoms with Gasteiger partial charge >= 0.3 is 6.18 Å². The molecule has 2 amide bonds. The second kappa shape index (κ2) is 12.9. The number of nitrogens with one attached hydrogen (secondary N) is 2. The molecule has 0 unspecified atom stereocenters. The number of halogens is 3. The molecule has 0 aliphatic heterocycles. The van der Waals surface area contributed by atoms with E-state index in [-0.39, 0.29) is 23.7 Å². The minimum atomic E-state index is -4.53. The monoisotopic (exact) mass is 530 g/mol. The summed E-state index contributed by atoms with van der Waals surface area (Å²) in [5, 5.41) is 5.13. The second-order valence-corrected chi connectivity index (χ2v) is 8.39. The summed E-state index contributed by atoms with van der Waals surface area (Å²) in [5.41, 5.74) is 0.765. The van der Waals surface area contributed by atoms with Gasteiger partial charge in [0.1, 0.15) is 17.2 Å². The number of hydrogen-bond donors (Lipinski definition) is 2. The molecular weight excluding hydrogens is 501 g/mol. The number of anilines is 2. The van der Waals surface area contributed by atoms with Gasteiger partial charge < -0.3 is 25.0 Å². The molecule has 11 heteroatoms. The Morgan fingerprint density at radius 1 is 1.03 bits per heavy atom. The molecule has 0 bridgehead atoms. The van der Waals surface area contributed by atoms with Crippen molar-refractivity contribution in [1.29, 1.82) is 0 Å². The topological polar surface area (TPSA) is 92.8 Å². The molecule has 0 aliphatic carbocycles. The third-order valence-corrected chi connectivity index (χ3v) is 5.63. The lowest BCUT2D eigenvalue weighted by molar-refractivity contribution is -0.137. The molecule has 0 saturated heterocycles. The van der Waals surface area contributed by atoms with E-state index in [2.05, 4.69) is 15.6 Å². The van der Waals surface area contributed by atoms with E-state index in [1.165, 1.54) is 32.5 Å². The van der Waals surface area contributed by atoms with Crippen molar-refractivity contribution in [2.24, 2.45) is 0 Å². The number of pyridine rings is 1. The van der Waals surface area contributed by atoms with Gasteiger partial charge in [-0.3, -0.25) is 14.6 Å². The number of methoxy groups -OCH3 is 1. The minimum absolute atomic E-state index is 0.0670. The summed E-state index contributed by atoms with van der Waals surface area (Å²) < 4.78 is 50.6. The number of aromatic nitrogens is 1. The number of hydrogen-bond acceptors (Lipinski definition) is 6. The first-order valence-electron chi connectivity index (χ1n) is 11.8. The van der Waals surface area contributed by atoms with Crippen molar-refractivity contribution >= 4 is 23.2 Å². The van der Waals surface area contributed by atoms with E-state index in [4.69, 9.17) is 9.47 Å². The van der Waals surface area contributed by atoms with E-state index >= 15 is 0 Å². The van der Waals surface area contributed by atoms with Crippen molar-refractivity contribution < 1.29 is 32.2 Å². The Labute approximate surface area is 218 Å². The number of rotatable bonds is 11. The molecule has 1 aromatic heterocycles. The fraction of sp³-hybridized carbons (Fsp3) is 0.296. The maximum absolute atomic E-state index is 13.3. The molecule has 0 aliphatic rings. The largest absolute Gasteiger partial charge is 0.457 e. The summed E-state index contributed by atoms with van der Waals surface area (Å²) in [5.74, 6) is 0.227. The van der Waals surface area contributed by atoms with Crippen molar-refractivity contribution in [2.75, 3.05) is 44.6 Å². The van der Waals surface area contributed by atoms with Crippen molar-refractivity contribution in [3.63, 3.8) is 0 Å². The third-order valence-electron chi connectivity index (χ3n) is 5.63. The van der Waals surface area contributed by atoms with Gasteiger partial charge in [-0.05, 0) is 48.4 Å². The summed E-state index contributed by atoms with van der Waals surface area (Å²) in [7, 11) is 4.76. The molecule has 2 aromatic carbocycles. The number of alkyl halides is 3. The third kappa shape index (κ3) is 7.94. The van der Waals surface area contributed by atoms with Crippen molar-refractivity contribution in [3.05, 3.63) is 77.6 Å². The predicted octanol–water partition coefficient (Wildman–Crippen LogP) is 4.91. The zero-order valence-corrected chi connectivity index (χ0v) is 21.3. The van der Waals surface area contributed by atoms with Crippen molar-refractivity contribution in [1.82, 2.24) is 10.3 Å². The van der Waals surface area contributed by atoms with Crippen LogP contribution in [0.25, 0.3) is 0 Å². The van der Waals surface area contributed by atoms with Gasteiger partial charge in [0.2, 0.25) is 5.91 Å². The van der Waals surface area contributed by atoms with Crippen LogP contribution in [0.4, 0.5) is 24.5 Å². The molecule has 0 spiro atoms. The van der Waals surface area contributed by atoms with Crippen LogP contribution in [0.1, 0.15) is 28.0 Å². The van der Waals surface area contributed by atoms with Crippen LogP contribution in [0, 0.1) is 0 Å². The summed E-state index contributed by atoms with van der Waals surface area (Å²) in [4.78, 5) is 30.1. The van der Waals surface area contributed by atoms with Crippen LogP contribution in [0.5, 0.6) is 11.5 Å². The number of nitrogens with zero attached hydrogens (tertiary/aromatic N) is 2. The van der Waals surface area contributed by atoms with Crippen LogP contribution < -0.4 is 20.3 Å². The quantitative estimate of drug-likeness (QED) is 0.366. The lowest BCUT2D eigenvalue weighted by Crippen LogP contribution is -2.24. The van der Waals surface area contributed by atoms with E-state index < -0.39 is 17.6 Å². The molecule has 0 fully saturated rings. The Morgan fingerprint density at radius 2 is 1.76 bits per heavy atom. The molecule has 38 heavy (non-hydrogen) atoms. The highest BCUT2D eigenvalue weighted by atomic mass is 19.4. The fourth-order valence-electron chi connectivity index (χ4n) is 3.55. The van der Waals surface area contributed by atoms with E-state index in [0.29, 0.717) is 36.8 Å². The summed E-state index contributed by atoms with van der Waals surface area (Å²) >= 11 is 0. The number of benzene rings is 2. The number of ether oxygens (including phenoxy) is 2.